The summed E-state index contributed by atoms with van der Waals surface area (Å²) in [6, 6.07) is 0.0940. The number of fused-ring (bicyclic) bond motifs is 1. The third-order valence-corrected chi connectivity index (χ3v) is 8.90. The van der Waals surface area contributed by atoms with Crippen molar-refractivity contribution in [3.05, 3.63) is 12.2 Å². The van der Waals surface area contributed by atoms with Gasteiger partial charge in [0.05, 0.1) is 6.33 Å². The van der Waals surface area contributed by atoms with Crippen LogP contribution in [0.3, 0.4) is 0 Å². The number of nitrogens with two attached hydrogens (primary N) is 1. The van der Waals surface area contributed by atoms with E-state index in [9.17, 15) is 20.1 Å². The number of aromatic nitrogens is 4. The lowest BCUT2D eigenvalue weighted by molar-refractivity contribution is -0.137. The normalized spacial score (nSPS) is 40.9. The Hall–Kier alpha value is -2.78. The van der Waals surface area contributed by atoms with Crippen LogP contribution in [0.15, 0.2) is 6.33 Å². The molecule has 4 bridgehead atoms. The van der Waals surface area contributed by atoms with Crippen molar-refractivity contribution < 1.29 is 24.9 Å². The second kappa shape index (κ2) is 7.86. The topological polar surface area (TPSA) is 169 Å². The van der Waals surface area contributed by atoms with Crippen LogP contribution in [-0.4, -0.2) is 70.7 Å². The Balaban J connectivity index is 1.19. The maximum Gasteiger partial charge on any atom is 0.252 e. The number of nitrogen functional groups attached to an aromatic ring is 1. The Kier molecular flexibility index (Phi) is 4.89. The van der Waals surface area contributed by atoms with E-state index in [1.807, 2.05) is 0 Å². The molecule has 8 rings (SSSR count). The highest BCUT2D eigenvalue weighted by Crippen LogP contribution is 2.58. The number of imidazole rings is 1. The fourth-order valence-corrected chi connectivity index (χ4v) is 7.06. The molecule has 6 aliphatic rings. The van der Waals surface area contributed by atoms with Gasteiger partial charge in [-0.05, 0) is 74.5 Å². The first-order valence-corrected chi connectivity index (χ1v) is 12.9. The molecule has 11 heteroatoms. The minimum Gasteiger partial charge on any atom is -0.387 e. The molecule has 4 atom stereocenters. The molecule has 1 aliphatic heterocycles. The van der Waals surface area contributed by atoms with E-state index in [1.54, 1.807) is 0 Å². The summed E-state index contributed by atoms with van der Waals surface area (Å²) in [7, 11) is 0. The van der Waals surface area contributed by atoms with Gasteiger partial charge in [-0.2, -0.15) is 0 Å². The molecule has 190 valence electrons. The van der Waals surface area contributed by atoms with Crippen LogP contribution < -0.4 is 11.1 Å². The average molecular weight is 495 g/mol. The number of carbonyl (C=O) groups is 1. The van der Waals surface area contributed by atoms with Crippen LogP contribution in [0.5, 0.6) is 0 Å². The molecule has 11 nitrogen and oxygen atoms in total. The lowest BCUT2D eigenvalue weighted by Gasteiger charge is -2.56. The molecule has 5 aliphatic carbocycles. The van der Waals surface area contributed by atoms with E-state index in [0.29, 0.717) is 17.4 Å². The Morgan fingerprint density at radius 1 is 1.11 bits per heavy atom. The number of nitrogens with zero attached hydrogens (tertiary/aromatic N) is 4. The summed E-state index contributed by atoms with van der Waals surface area (Å²) in [5.74, 6) is 7.63. The molecule has 1 saturated heterocycles. The second-order valence-corrected chi connectivity index (χ2v) is 11.3. The molecule has 0 aromatic carbocycles. The SMILES string of the molecule is Nc1nc(C#CC2(O)C3CC4CC(C3)CC2C4)nc2c1ncn2[C@@H]1O[C@H](C(=O)NC2CC2)[C@H](O)C1O. The van der Waals surface area contributed by atoms with Crippen molar-refractivity contribution in [2.24, 2.45) is 23.7 Å². The Morgan fingerprint density at radius 3 is 2.47 bits per heavy atom. The number of hydrogen-bond donors (Lipinski definition) is 5. The van der Waals surface area contributed by atoms with E-state index in [-0.39, 0.29) is 35.2 Å². The first kappa shape index (κ1) is 22.4. The molecule has 2 aromatic heterocycles. The van der Waals surface area contributed by atoms with Gasteiger partial charge in [-0.3, -0.25) is 9.36 Å². The van der Waals surface area contributed by atoms with E-state index in [4.69, 9.17) is 10.5 Å². The Labute approximate surface area is 207 Å². The van der Waals surface area contributed by atoms with Crippen LogP contribution in [0.1, 0.15) is 57.0 Å². The van der Waals surface area contributed by atoms with Crippen LogP contribution >= 0.6 is 0 Å². The quantitative estimate of drug-likeness (QED) is 0.364. The van der Waals surface area contributed by atoms with E-state index in [0.717, 1.165) is 38.5 Å². The summed E-state index contributed by atoms with van der Waals surface area (Å²) < 4.78 is 7.22. The number of carbonyl (C=O) groups excluding carboxylic acids is 1. The highest BCUT2D eigenvalue weighted by Gasteiger charge is 2.56. The molecule has 2 aromatic rings. The second-order valence-electron chi connectivity index (χ2n) is 11.3. The molecular formula is C25H30N6O5. The standard InChI is InChI=1S/C25H30N6O5/c26-21-17-22(31(10-27-17)24-19(33)18(32)20(36-24)23(34)28-15-1-2-15)30-16(29-21)3-4-25(35)13-6-11-5-12(8-13)9-14(25)7-11/h10-15,18-20,24,32-33,35H,1-2,5-9H2,(H,28,34)(H2,26,29,30)/t11?,12?,13?,14?,18-,19?,20+,24-,25?/m1/s1. The summed E-state index contributed by atoms with van der Waals surface area (Å²) in [5, 5.41) is 35.5. The van der Waals surface area contributed by atoms with Gasteiger partial charge in [-0.25, -0.2) is 15.0 Å². The summed E-state index contributed by atoms with van der Waals surface area (Å²) in [6.07, 6.45) is 3.43. The summed E-state index contributed by atoms with van der Waals surface area (Å²) >= 11 is 0. The van der Waals surface area contributed by atoms with Crippen LogP contribution in [-0.2, 0) is 9.53 Å². The van der Waals surface area contributed by atoms with Gasteiger partial charge in [0.25, 0.3) is 5.91 Å². The first-order valence-electron chi connectivity index (χ1n) is 12.9. The smallest absolute Gasteiger partial charge is 0.252 e. The molecule has 6 fully saturated rings. The maximum absolute atomic E-state index is 12.5. The number of anilines is 1. The van der Waals surface area contributed by atoms with Gasteiger partial charge in [-0.15, -0.1) is 0 Å². The first-order chi connectivity index (χ1) is 17.3. The van der Waals surface area contributed by atoms with Gasteiger partial charge >= 0.3 is 0 Å². The van der Waals surface area contributed by atoms with Crippen molar-refractivity contribution in [1.29, 1.82) is 0 Å². The van der Waals surface area contributed by atoms with Gasteiger partial charge in [0.2, 0.25) is 5.82 Å². The molecule has 1 amide bonds. The predicted octanol–water partition coefficient (Wildman–Crippen LogP) is -0.155. The van der Waals surface area contributed by atoms with Crippen LogP contribution in [0, 0.1) is 35.5 Å². The number of amides is 1. The number of rotatable bonds is 3. The van der Waals surface area contributed by atoms with Gasteiger partial charge in [-0.1, -0.05) is 5.92 Å². The highest BCUT2D eigenvalue weighted by atomic mass is 16.6. The lowest BCUT2D eigenvalue weighted by Crippen LogP contribution is -2.56. The third-order valence-electron chi connectivity index (χ3n) is 8.90. The zero-order valence-corrected chi connectivity index (χ0v) is 19.7. The maximum atomic E-state index is 12.5. The average Bonchev–Trinajstić information content (AvgIpc) is 3.48. The Morgan fingerprint density at radius 2 is 1.81 bits per heavy atom. The van der Waals surface area contributed by atoms with Crippen LogP contribution in [0.4, 0.5) is 5.82 Å². The van der Waals surface area contributed by atoms with E-state index in [2.05, 4.69) is 32.1 Å². The number of ether oxygens (including phenoxy) is 1. The van der Waals surface area contributed by atoms with Crippen molar-refractivity contribution in [3.8, 4) is 11.8 Å². The molecule has 6 N–H and O–H groups in total. The van der Waals surface area contributed by atoms with Gasteiger partial charge in [0.1, 0.15) is 23.3 Å². The zero-order chi connectivity index (χ0) is 24.8. The molecule has 36 heavy (non-hydrogen) atoms. The van der Waals surface area contributed by atoms with Crippen molar-refractivity contribution in [1.82, 2.24) is 24.8 Å². The van der Waals surface area contributed by atoms with Gasteiger partial charge in [0, 0.05) is 6.04 Å². The molecule has 5 saturated carbocycles. The monoisotopic (exact) mass is 494 g/mol. The summed E-state index contributed by atoms with van der Waals surface area (Å²) in [6.45, 7) is 0. The van der Waals surface area contributed by atoms with E-state index in [1.165, 1.54) is 17.3 Å². The van der Waals surface area contributed by atoms with Crippen molar-refractivity contribution in [2.45, 2.75) is 81.1 Å². The number of aliphatic hydroxyl groups is 3. The summed E-state index contributed by atoms with van der Waals surface area (Å²) in [4.78, 5) is 25.5. The van der Waals surface area contributed by atoms with Crippen LogP contribution in [0.25, 0.3) is 11.2 Å². The van der Waals surface area contributed by atoms with Crippen LogP contribution in [0.2, 0.25) is 0 Å². The molecule has 3 heterocycles. The van der Waals surface area contributed by atoms with Crippen molar-refractivity contribution >= 4 is 22.9 Å². The number of aliphatic hydroxyl groups excluding tert-OH is 2. The third kappa shape index (κ3) is 3.43. The fraction of sp³-hybridized carbons (Fsp3) is 0.680. The Bertz CT molecular complexity index is 1270. The van der Waals surface area contributed by atoms with Gasteiger partial charge in [0.15, 0.2) is 23.8 Å². The van der Waals surface area contributed by atoms with E-state index >= 15 is 0 Å². The highest BCUT2D eigenvalue weighted by molar-refractivity contribution is 5.83. The zero-order valence-electron chi connectivity index (χ0n) is 19.7. The lowest BCUT2D eigenvalue weighted by atomic mass is 9.50. The number of hydrogen-bond acceptors (Lipinski definition) is 9. The predicted molar refractivity (Wildman–Crippen MR) is 126 cm³/mol. The minimum absolute atomic E-state index is 0.0940. The van der Waals surface area contributed by atoms with Crippen molar-refractivity contribution in [3.63, 3.8) is 0 Å². The van der Waals surface area contributed by atoms with E-state index < -0.39 is 36.0 Å². The molecular weight excluding hydrogens is 464 g/mol. The van der Waals surface area contributed by atoms with Crippen molar-refractivity contribution in [2.75, 3.05) is 5.73 Å². The van der Waals surface area contributed by atoms with Gasteiger partial charge < -0.3 is 31.1 Å². The molecule has 0 radical (unpaired) electrons. The minimum atomic E-state index is -1.41. The summed E-state index contributed by atoms with van der Waals surface area (Å²) in [5.41, 5.74) is 5.67. The molecule has 0 spiro atoms. The number of nitrogens with one attached hydrogen (secondary N) is 1. The fourth-order valence-electron chi connectivity index (χ4n) is 7.06. The molecule has 1 unspecified atom stereocenters. The largest absolute Gasteiger partial charge is 0.387 e.